The van der Waals surface area contributed by atoms with E-state index in [4.69, 9.17) is 0 Å². The summed E-state index contributed by atoms with van der Waals surface area (Å²) in [5.74, 6) is -2.20. The van der Waals surface area contributed by atoms with E-state index in [-0.39, 0.29) is 12.0 Å². The van der Waals surface area contributed by atoms with Crippen LogP contribution in [-0.2, 0) is 14.4 Å². The zero-order chi connectivity index (χ0) is 23.2. The van der Waals surface area contributed by atoms with Gasteiger partial charge >= 0.3 is 18.0 Å². The second kappa shape index (κ2) is 8.90. The first kappa shape index (κ1) is 24.3. The molecule has 33 heavy (non-hydrogen) atoms. The molecule has 12 nitrogen and oxygen atoms in total. The Morgan fingerprint density at radius 2 is 1.88 bits per heavy atom. The van der Waals surface area contributed by atoms with E-state index in [1.54, 1.807) is 44.2 Å². The fourth-order valence-electron chi connectivity index (χ4n) is 4.19. The Kier molecular flexibility index (Phi) is 6.56. The van der Waals surface area contributed by atoms with E-state index < -0.39 is 58.1 Å². The third-order valence-corrected chi connectivity index (χ3v) is 7.31. The number of amides is 6. The third kappa shape index (κ3) is 4.20. The Morgan fingerprint density at radius 1 is 1.21 bits per heavy atom. The number of fused-ring (bicyclic) bond motifs is 1. The molecule has 3 heterocycles. The van der Waals surface area contributed by atoms with Gasteiger partial charge in [-0.3, -0.25) is 9.59 Å². The number of rotatable bonds is 5. The van der Waals surface area contributed by atoms with E-state index in [1.165, 1.54) is 16.7 Å². The predicted octanol–water partition coefficient (Wildman–Crippen LogP) is -0.730. The van der Waals surface area contributed by atoms with Gasteiger partial charge in [0.25, 0.3) is 0 Å². The van der Waals surface area contributed by atoms with Crippen LogP contribution in [0.1, 0.15) is 25.5 Å². The Morgan fingerprint density at radius 3 is 2.45 bits per heavy atom. The number of benzene rings is 1. The van der Waals surface area contributed by atoms with Crippen molar-refractivity contribution in [1.82, 2.24) is 25.8 Å². The smallest absolute Gasteiger partial charge is 0.327 e. The summed E-state index contributed by atoms with van der Waals surface area (Å²) in [6.07, 6.45) is 0. The van der Waals surface area contributed by atoms with Crippen LogP contribution in [-0.4, -0.2) is 85.5 Å². The normalized spacial score (nSPS) is 25.8. The minimum atomic E-state index is -1.14. The Bertz CT molecular complexity index is 988. The van der Waals surface area contributed by atoms with Crippen LogP contribution < -0.4 is 16.0 Å². The summed E-state index contributed by atoms with van der Waals surface area (Å²) in [7, 11) is 0. The number of β-lactam (4-membered cyclic amide) rings is 1. The van der Waals surface area contributed by atoms with Crippen molar-refractivity contribution in [3.63, 3.8) is 0 Å². The fourth-order valence-corrected chi connectivity index (χ4v) is 5.82. The van der Waals surface area contributed by atoms with Gasteiger partial charge in [-0.1, -0.05) is 30.3 Å². The van der Waals surface area contributed by atoms with Gasteiger partial charge in [-0.2, -0.15) is 0 Å². The quantitative estimate of drug-likeness (QED) is 0.402. The zero-order valence-corrected chi connectivity index (χ0v) is 18.7. The van der Waals surface area contributed by atoms with Crippen LogP contribution in [0.25, 0.3) is 0 Å². The van der Waals surface area contributed by atoms with Crippen molar-refractivity contribution in [2.75, 3.05) is 13.1 Å². The molecule has 3 aliphatic rings. The van der Waals surface area contributed by atoms with Crippen LogP contribution in [0.5, 0.6) is 0 Å². The summed E-state index contributed by atoms with van der Waals surface area (Å²) in [6.45, 7) is 3.98. The topological polar surface area (TPSA) is 180 Å². The first-order valence-corrected chi connectivity index (χ1v) is 10.9. The molecular formula is C20H25N5O7S. The average molecular weight is 480 g/mol. The van der Waals surface area contributed by atoms with Crippen LogP contribution in [0, 0.1) is 0 Å². The molecule has 13 heteroatoms. The standard InChI is InChI=1S/C20H23N5O6S.H2O/c1-20(2)13(17(28)29)25-15(27)12(16(25)32-20)22-14(26)11(10-6-4-3-5-7-10)23-19(31)24-9-8-21-18(24)30;/h3-7,11-13,16H,8-9H2,1-2H3,(H,21,30)(H,22,26)(H,23,31)(H,28,29);1H2/t11?,12-,13+,16-;/m1./s1. The van der Waals surface area contributed by atoms with Crippen LogP contribution >= 0.6 is 11.8 Å². The van der Waals surface area contributed by atoms with Crippen LogP contribution in [0.2, 0.25) is 0 Å². The highest BCUT2D eigenvalue weighted by Crippen LogP contribution is 2.50. The lowest BCUT2D eigenvalue weighted by molar-refractivity contribution is -0.161. The first-order valence-electron chi connectivity index (χ1n) is 10.1. The lowest BCUT2D eigenvalue weighted by Crippen LogP contribution is -2.71. The summed E-state index contributed by atoms with van der Waals surface area (Å²) < 4.78 is -0.720. The fraction of sp³-hybridized carbons (Fsp3) is 0.450. The highest BCUT2D eigenvalue weighted by Gasteiger charge is 2.64. The predicted molar refractivity (Wildman–Crippen MR) is 117 cm³/mol. The molecule has 0 aromatic heterocycles. The van der Waals surface area contributed by atoms with E-state index in [0.717, 1.165) is 4.90 Å². The number of aliphatic carboxylic acids is 1. The molecule has 1 unspecified atom stereocenters. The van der Waals surface area contributed by atoms with Gasteiger partial charge in [0.05, 0.1) is 0 Å². The van der Waals surface area contributed by atoms with Crippen molar-refractivity contribution >= 4 is 41.6 Å². The molecule has 0 saturated carbocycles. The van der Waals surface area contributed by atoms with E-state index >= 15 is 0 Å². The lowest BCUT2D eigenvalue weighted by atomic mass is 9.95. The summed E-state index contributed by atoms with van der Waals surface area (Å²) in [5.41, 5.74) is 0.476. The highest BCUT2D eigenvalue weighted by molar-refractivity contribution is 8.01. The molecule has 0 radical (unpaired) electrons. The van der Waals surface area contributed by atoms with Gasteiger partial charge in [0.15, 0.2) is 0 Å². The largest absolute Gasteiger partial charge is 0.480 e. The number of hydrogen-bond acceptors (Lipinski definition) is 6. The molecule has 1 aromatic rings. The number of imide groups is 1. The maximum atomic E-state index is 13.1. The van der Waals surface area contributed by atoms with Crippen molar-refractivity contribution in [2.45, 2.75) is 42.1 Å². The molecule has 3 saturated heterocycles. The molecule has 4 atom stereocenters. The summed E-state index contributed by atoms with van der Waals surface area (Å²) >= 11 is 1.31. The number of carbonyl (C=O) groups is 5. The molecule has 1 aromatic carbocycles. The average Bonchev–Trinajstić information content (AvgIpc) is 3.29. The summed E-state index contributed by atoms with van der Waals surface area (Å²) in [4.78, 5) is 64.2. The van der Waals surface area contributed by atoms with Crippen LogP contribution in [0.15, 0.2) is 30.3 Å². The molecule has 6 N–H and O–H groups in total. The van der Waals surface area contributed by atoms with Gasteiger partial charge in [-0.05, 0) is 19.4 Å². The molecular weight excluding hydrogens is 454 g/mol. The number of hydrogen-bond donors (Lipinski definition) is 4. The lowest BCUT2D eigenvalue weighted by Gasteiger charge is -2.44. The number of nitrogens with one attached hydrogen (secondary N) is 3. The summed E-state index contributed by atoms with van der Waals surface area (Å²) in [5, 5.41) is 16.8. The number of nitrogens with zero attached hydrogens (tertiary/aromatic N) is 2. The third-order valence-electron chi connectivity index (χ3n) is 5.74. The Labute approximate surface area is 193 Å². The minimum absolute atomic E-state index is 0. The number of thioether (sulfide) groups is 1. The molecule has 3 aliphatic heterocycles. The minimum Gasteiger partial charge on any atom is -0.480 e. The van der Waals surface area contributed by atoms with Crippen molar-refractivity contribution < 1.29 is 34.6 Å². The van der Waals surface area contributed by atoms with Gasteiger partial charge < -0.3 is 31.4 Å². The maximum absolute atomic E-state index is 13.1. The van der Waals surface area contributed by atoms with Gasteiger partial charge in [0.1, 0.15) is 23.5 Å². The van der Waals surface area contributed by atoms with Crippen LogP contribution in [0.4, 0.5) is 9.59 Å². The Balaban J connectivity index is 0.00000306. The SMILES string of the molecule is CC1(C)S[C@@H]2[C@H](NC(=O)C(NC(=O)N3CCNC3=O)c3ccccc3)C(=O)N2[C@H]1C(=O)O.O. The van der Waals surface area contributed by atoms with Gasteiger partial charge in [-0.25, -0.2) is 19.3 Å². The second-order valence-corrected chi connectivity index (χ2v) is 10.0. The van der Waals surface area contributed by atoms with Gasteiger partial charge in [-0.15, -0.1) is 11.8 Å². The van der Waals surface area contributed by atoms with Crippen LogP contribution in [0.3, 0.4) is 0 Å². The van der Waals surface area contributed by atoms with E-state index in [2.05, 4.69) is 16.0 Å². The molecule has 4 rings (SSSR count). The molecule has 3 fully saturated rings. The zero-order valence-electron chi connectivity index (χ0n) is 17.9. The highest BCUT2D eigenvalue weighted by atomic mass is 32.2. The molecule has 0 spiro atoms. The van der Waals surface area contributed by atoms with Crippen molar-refractivity contribution in [3.8, 4) is 0 Å². The Hall–Kier alpha value is -3.32. The number of carboxylic acid groups (broad SMARTS) is 1. The maximum Gasteiger partial charge on any atom is 0.327 e. The van der Waals surface area contributed by atoms with Crippen molar-refractivity contribution in [2.24, 2.45) is 0 Å². The monoisotopic (exact) mass is 479 g/mol. The van der Waals surface area contributed by atoms with E-state index in [9.17, 15) is 29.1 Å². The van der Waals surface area contributed by atoms with Crippen molar-refractivity contribution in [1.29, 1.82) is 0 Å². The van der Waals surface area contributed by atoms with Gasteiger partial charge in [0.2, 0.25) is 11.8 Å². The first-order chi connectivity index (χ1) is 15.1. The summed E-state index contributed by atoms with van der Waals surface area (Å²) in [6, 6.07) is 4.14. The van der Waals surface area contributed by atoms with E-state index in [1.807, 2.05) is 0 Å². The molecule has 6 amide bonds. The number of carboxylic acids is 1. The van der Waals surface area contributed by atoms with Gasteiger partial charge in [0, 0.05) is 17.8 Å². The molecule has 0 aliphatic carbocycles. The van der Waals surface area contributed by atoms with Crippen molar-refractivity contribution in [3.05, 3.63) is 35.9 Å². The van der Waals surface area contributed by atoms with E-state index in [0.29, 0.717) is 12.1 Å². The number of urea groups is 2. The second-order valence-electron chi connectivity index (χ2n) is 8.26. The molecule has 0 bridgehead atoms. The molecule has 178 valence electrons. The number of carbonyl (C=O) groups excluding carboxylic acids is 4.